The van der Waals surface area contributed by atoms with Crippen LogP contribution in [-0.2, 0) is 13.0 Å². The van der Waals surface area contributed by atoms with Crippen molar-refractivity contribution in [3.8, 4) is 0 Å². The summed E-state index contributed by atoms with van der Waals surface area (Å²) in [6.07, 6.45) is 2.78. The topological polar surface area (TPSA) is 37.8 Å². The first kappa shape index (κ1) is 8.14. The van der Waals surface area contributed by atoms with Gasteiger partial charge >= 0.3 is 0 Å². The second-order valence-corrected chi connectivity index (χ2v) is 2.35. The van der Waals surface area contributed by atoms with Crippen molar-refractivity contribution >= 4 is 0 Å². The summed E-state index contributed by atoms with van der Waals surface area (Å²) in [5.41, 5.74) is 1.10. The van der Waals surface area contributed by atoms with Crippen molar-refractivity contribution in [1.29, 1.82) is 0 Å². The van der Waals surface area contributed by atoms with Crippen LogP contribution in [0.5, 0.6) is 0 Å². The number of hydrogen-bond acceptors (Lipinski definition) is 3. The summed E-state index contributed by atoms with van der Waals surface area (Å²) in [4.78, 5) is 8.41. The van der Waals surface area contributed by atoms with E-state index in [2.05, 4.69) is 22.2 Å². The zero-order chi connectivity index (χ0) is 8.10. The van der Waals surface area contributed by atoms with E-state index in [0.717, 1.165) is 24.5 Å². The smallest absolute Gasteiger partial charge is 0.142 e. The highest BCUT2D eigenvalue weighted by Gasteiger charge is 1.94. The maximum Gasteiger partial charge on any atom is 0.142 e. The zero-order valence-corrected chi connectivity index (χ0v) is 6.96. The third-order valence-corrected chi connectivity index (χ3v) is 1.46. The van der Waals surface area contributed by atoms with Crippen LogP contribution in [0.1, 0.15) is 18.4 Å². The minimum atomic E-state index is 0.744. The van der Waals surface area contributed by atoms with Crippen LogP contribution in [0.15, 0.2) is 12.3 Å². The summed E-state index contributed by atoms with van der Waals surface area (Å²) in [7, 11) is 1.89. The lowest BCUT2D eigenvalue weighted by molar-refractivity contribution is 0.747. The molecule has 1 heterocycles. The van der Waals surface area contributed by atoms with Crippen molar-refractivity contribution in [3.63, 3.8) is 0 Å². The minimum absolute atomic E-state index is 0.744. The molecule has 0 fully saturated rings. The molecule has 0 bridgehead atoms. The molecule has 0 amide bonds. The summed E-state index contributed by atoms with van der Waals surface area (Å²) in [5, 5.41) is 3.01. The highest BCUT2D eigenvalue weighted by molar-refractivity contribution is 5.01. The third-order valence-electron chi connectivity index (χ3n) is 1.46. The maximum absolute atomic E-state index is 4.31. The molecule has 0 atom stereocenters. The molecule has 1 N–H and O–H groups in total. The van der Waals surface area contributed by atoms with Gasteiger partial charge in [0.05, 0.1) is 6.54 Å². The third kappa shape index (κ3) is 2.27. The molecule has 11 heavy (non-hydrogen) atoms. The fraction of sp³-hybridized carbons (Fsp3) is 0.500. The summed E-state index contributed by atoms with van der Waals surface area (Å²) >= 11 is 0. The Morgan fingerprint density at radius 1 is 1.55 bits per heavy atom. The fourth-order valence-electron chi connectivity index (χ4n) is 0.881. The van der Waals surface area contributed by atoms with E-state index >= 15 is 0 Å². The summed E-state index contributed by atoms with van der Waals surface area (Å²) in [6.45, 7) is 2.83. The van der Waals surface area contributed by atoms with Crippen LogP contribution >= 0.6 is 0 Å². The van der Waals surface area contributed by atoms with Gasteiger partial charge in [0.15, 0.2) is 0 Å². The highest BCUT2D eigenvalue weighted by Crippen LogP contribution is 1.95. The van der Waals surface area contributed by atoms with Crippen LogP contribution in [0.2, 0.25) is 0 Å². The summed E-state index contributed by atoms with van der Waals surface area (Å²) in [6, 6.07) is 1.94. The molecule has 3 nitrogen and oxygen atoms in total. The Kier molecular flexibility index (Phi) is 2.98. The normalized spacial score (nSPS) is 10.0. The molecule has 1 aromatic heterocycles. The summed E-state index contributed by atoms with van der Waals surface area (Å²) < 4.78 is 0. The molecule has 0 aliphatic heterocycles. The van der Waals surface area contributed by atoms with Crippen molar-refractivity contribution in [1.82, 2.24) is 15.3 Å². The lowest BCUT2D eigenvalue weighted by atomic mass is 10.3. The van der Waals surface area contributed by atoms with Gasteiger partial charge < -0.3 is 5.32 Å². The first-order chi connectivity index (χ1) is 5.36. The largest absolute Gasteiger partial charge is 0.313 e. The Morgan fingerprint density at radius 3 is 3.00 bits per heavy atom. The molecule has 60 valence electrons. The number of aryl methyl sites for hydroxylation is 1. The lowest BCUT2D eigenvalue weighted by Crippen LogP contribution is -2.09. The molecule has 3 heteroatoms. The van der Waals surface area contributed by atoms with Crippen LogP contribution in [0.4, 0.5) is 0 Å². The predicted octanol–water partition coefficient (Wildman–Crippen LogP) is 0.758. The number of hydrogen-bond donors (Lipinski definition) is 1. The minimum Gasteiger partial charge on any atom is -0.313 e. The Bertz CT molecular complexity index is 222. The number of nitrogens with zero attached hydrogens (tertiary/aromatic N) is 2. The van der Waals surface area contributed by atoms with E-state index in [4.69, 9.17) is 0 Å². The number of nitrogens with one attached hydrogen (secondary N) is 1. The fourth-order valence-corrected chi connectivity index (χ4v) is 0.881. The van der Waals surface area contributed by atoms with Gasteiger partial charge in [0.25, 0.3) is 0 Å². The van der Waals surface area contributed by atoms with Crippen molar-refractivity contribution in [2.45, 2.75) is 19.9 Å². The number of rotatable bonds is 3. The Labute approximate surface area is 66.9 Å². The second-order valence-electron chi connectivity index (χ2n) is 2.35. The first-order valence-corrected chi connectivity index (χ1v) is 3.82. The molecular weight excluding hydrogens is 138 g/mol. The Morgan fingerprint density at radius 2 is 2.36 bits per heavy atom. The Hall–Kier alpha value is -0.960. The van der Waals surface area contributed by atoms with Gasteiger partial charge in [-0.2, -0.15) is 0 Å². The molecule has 1 rings (SSSR count). The van der Waals surface area contributed by atoms with Gasteiger partial charge in [0.2, 0.25) is 0 Å². The van der Waals surface area contributed by atoms with Crippen molar-refractivity contribution in [2.24, 2.45) is 0 Å². The van der Waals surface area contributed by atoms with Crippen LogP contribution in [0, 0.1) is 0 Å². The molecule has 0 aliphatic carbocycles. The van der Waals surface area contributed by atoms with Crippen LogP contribution in [-0.4, -0.2) is 17.0 Å². The maximum atomic E-state index is 4.31. The van der Waals surface area contributed by atoms with E-state index in [1.165, 1.54) is 0 Å². The molecule has 0 saturated carbocycles. The van der Waals surface area contributed by atoms with Gasteiger partial charge in [0.1, 0.15) is 5.82 Å². The molecule has 0 radical (unpaired) electrons. The van der Waals surface area contributed by atoms with Gasteiger partial charge in [-0.25, -0.2) is 9.97 Å². The first-order valence-electron chi connectivity index (χ1n) is 3.82. The average molecular weight is 151 g/mol. The summed E-state index contributed by atoms with van der Waals surface area (Å²) in [5.74, 6) is 0.867. The van der Waals surface area contributed by atoms with Gasteiger partial charge in [-0.05, 0) is 19.5 Å². The lowest BCUT2D eigenvalue weighted by Gasteiger charge is -1.99. The SMILES string of the molecule is CCc1ccnc(CNC)n1. The standard InChI is InChI=1S/C8H13N3/c1-3-7-4-5-10-8(11-7)6-9-2/h4-5,9H,3,6H2,1-2H3. The van der Waals surface area contributed by atoms with Gasteiger partial charge in [-0.3, -0.25) is 0 Å². The molecule has 0 aromatic carbocycles. The average Bonchev–Trinajstić information content (AvgIpc) is 2.06. The zero-order valence-electron chi connectivity index (χ0n) is 6.96. The Balaban J connectivity index is 2.74. The van der Waals surface area contributed by atoms with Crippen molar-refractivity contribution < 1.29 is 0 Å². The van der Waals surface area contributed by atoms with E-state index in [0.29, 0.717) is 0 Å². The van der Waals surface area contributed by atoms with Crippen molar-refractivity contribution in [3.05, 3.63) is 23.8 Å². The van der Waals surface area contributed by atoms with E-state index < -0.39 is 0 Å². The molecule has 0 unspecified atom stereocenters. The molecule has 0 spiro atoms. The highest BCUT2D eigenvalue weighted by atomic mass is 14.9. The van der Waals surface area contributed by atoms with Crippen LogP contribution in [0.3, 0.4) is 0 Å². The van der Waals surface area contributed by atoms with E-state index in [1.54, 1.807) is 6.20 Å². The van der Waals surface area contributed by atoms with Gasteiger partial charge in [-0.15, -0.1) is 0 Å². The molecule has 0 aliphatic rings. The predicted molar refractivity (Wildman–Crippen MR) is 44.2 cm³/mol. The quantitative estimate of drug-likeness (QED) is 0.693. The number of aromatic nitrogens is 2. The molecule has 1 aromatic rings. The van der Waals surface area contributed by atoms with Gasteiger partial charge in [-0.1, -0.05) is 6.92 Å². The molecule has 0 saturated heterocycles. The van der Waals surface area contributed by atoms with Gasteiger partial charge in [0, 0.05) is 11.9 Å². The monoisotopic (exact) mass is 151 g/mol. The van der Waals surface area contributed by atoms with E-state index in [1.807, 2.05) is 13.1 Å². The van der Waals surface area contributed by atoms with Crippen LogP contribution in [0.25, 0.3) is 0 Å². The second kappa shape index (κ2) is 4.03. The molecular formula is C8H13N3. The van der Waals surface area contributed by atoms with E-state index in [-0.39, 0.29) is 0 Å². The van der Waals surface area contributed by atoms with E-state index in [9.17, 15) is 0 Å². The van der Waals surface area contributed by atoms with Crippen LogP contribution < -0.4 is 5.32 Å². The van der Waals surface area contributed by atoms with Crippen molar-refractivity contribution in [2.75, 3.05) is 7.05 Å².